The molecule has 2 nitrogen and oxygen atoms in total. The fraction of sp³-hybridized carbons (Fsp3) is 0. The van der Waals surface area contributed by atoms with Crippen molar-refractivity contribution in [3.8, 4) is 11.3 Å². The molecule has 2 heterocycles. The Balaban J connectivity index is 2.23. The van der Waals surface area contributed by atoms with E-state index in [1.807, 2.05) is 6.07 Å². The molecule has 5 heteroatoms. The van der Waals surface area contributed by atoms with Gasteiger partial charge in [0.15, 0.2) is 0 Å². The third-order valence-electron chi connectivity index (χ3n) is 2.65. The number of rotatable bonds is 1. The summed E-state index contributed by atoms with van der Waals surface area (Å²) in [6.45, 7) is 0. The molecule has 0 N–H and O–H groups in total. The van der Waals surface area contributed by atoms with Crippen molar-refractivity contribution in [3.05, 3.63) is 57.9 Å². The van der Waals surface area contributed by atoms with Gasteiger partial charge in [-0.05, 0) is 52.3 Å². The third-order valence-corrected chi connectivity index (χ3v) is 3.66. The van der Waals surface area contributed by atoms with Crippen LogP contribution in [0.2, 0.25) is 5.02 Å². The van der Waals surface area contributed by atoms with Crippen LogP contribution in [0.5, 0.6) is 0 Å². The molecular weight excluding hydrogens is 319 g/mol. The van der Waals surface area contributed by atoms with Gasteiger partial charge in [-0.25, -0.2) is 8.91 Å². The van der Waals surface area contributed by atoms with Gasteiger partial charge in [-0.15, -0.1) is 0 Å². The maximum Gasteiger partial charge on any atom is 0.123 e. The van der Waals surface area contributed by atoms with Crippen molar-refractivity contribution in [2.75, 3.05) is 0 Å². The van der Waals surface area contributed by atoms with Gasteiger partial charge >= 0.3 is 0 Å². The van der Waals surface area contributed by atoms with Gasteiger partial charge < -0.3 is 0 Å². The molecule has 0 atom stereocenters. The Hall–Kier alpha value is -1.39. The summed E-state index contributed by atoms with van der Waals surface area (Å²) in [6.07, 6.45) is 1.73. The smallest absolute Gasteiger partial charge is 0.123 e. The van der Waals surface area contributed by atoms with E-state index >= 15 is 0 Å². The maximum atomic E-state index is 12.9. The lowest BCUT2D eigenvalue weighted by atomic mass is 10.1. The van der Waals surface area contributed by atoms with Crippen molar-refractivity contribution in [2.45, 2.75) is 0 Å². The predicted molar refractivity (Wildman–Crippen MR) is 73.3 cm³/mol. The summed E-state index contributed by atoms with van der Waals surface area (Å²) >= 11 is 9.43. The number of halogens is 3. The van der Waals surface area contributed by atoms with Crippen LogP contribution in [-0.4, -0.2) is 9.61 Å². The zero-order chi connectivity index (χ0) is 12.7. The fourth-order valence-electron chi connectivity index (χ4n) is 1.79. The van der Waals surface area contributed by atoms with Gasteiger partial charge in [-0.3, -0.25) is 0 Å². The molecular formula is C13H7BrClFN2. The second kappa shape index (κ2) is 4.37. The minimum Gasteiger partial charge on any atom is -0.238 e. The van der Waals surface area contributed by atoms with Crippen LogP contribution >= 0.6 is 27.5 Å². The van der Waals surface area contributed by atoms with E-state index < -0.39 is 0 Å². The molecule has 3 aromatic rings. The summed E-state index contributed by atoms with van der Waals surface area (Å²) in [5.41, 5.74) is 2.53. The van der Waals surface area contributed by atoms with Crippen molar-refractivity contribution in [2.24, 2.45) is 0 Å². The largest absolute Gasteiger partial charge is 0.238 e. The Kier molecular flexibility index (Phi) is 2.84. The molecule has 0 radical (unpaired) electrons. The van der Waals surface area contributed by atoms with Crippen LogP contribution in [0.25, 0.3) is 16.8 Å². The van der Waals surface area contributed by atoms with E-state index in [2.05, 4.69) is 21.0 Å². The monoisotopic (exact) mass is 324 g/mol. The van der Waals surface area contributed by atoms with E-state index in [1.165, 1.54) is 12.1 Å². The molecule has 90 valence electrons. The van der Waals surface area contributed by atoms with Crippen molar-refractivity contribution in [1.82, 2.24) is 9.61 Å². The molecule has 0 aliphatic heterocycles. The van der Waals surface area contributed by atoms with Crippen LogP contribution in [0, 0.1) is 5.82 Å². The molecule has 3 rings (SSSR count). The first-order chi connectivity index (χ1) is 8.65. The van der Waals surface area contributed by atoms with Crippen LogP contribution in [0.4, 0.5) is 4.39 Å². The third kappa shape index (κ3) is 1.91. The Morgan fingerprint density at radius 3 is 2.56 bits per heavy atom. The highest BCUT2D eigenvalue weighted by atomic mass is 79.9. The van der Waals surface area contributed by atoms with Crippen molar-refractivity contribution in [1.29, 1.82) is 0 Å². The Morgan fingerprint density at radius 1 is 1.11 bits per heavy atom. The van der Waals surface area contributed by atoms with Crippen LogP contribution in [0.1, 0.15) is 0 Å². The fourth-order valence-corrected chi connectivity index (χ4v) is 2.56. The number of benzene rings is 1. The van der Waals surface area contributed by atoms with E-state index in [9.17, 15) is 4.39 Å². The molecule has 1 aromatic carbocycles. The normalized spacial score (nSPS) is 11.1. The van der Waals surface area contributed by atoms with E-state index in [0.29, 0.717) is 5.02 Å². The summed E-state index contributed by atoms with van der Waals surface area (Å²) in [5.74, 6) is -0.262. The number of hydrogen-bond donors (Lipinski definition) is 0. The van der Waals surface area contributed by atoms with Crippen molar-refractivity contribution < 1.29 is 4.39 Å². The van der Waals surface area contributed by atoms with Crippen molar-refractivity contribution in [3.63, 3.8) is 0 Å². The quantitative estimate of drug-likeness (QED) is 0.641. The number of hydrogen-bond acceptors (Lipinski definition) is 1. The molecule has 0 spiro atoms. The molecule has 0 bridgehead atoms. The molecule has 0 aliphatic carbocycles. The lowest BCUT2D eigenvalue weighted by Gasteiger charge is -1.96. The van der Waals surface area contributed by atoms with Gasteiger partial charge in [0.2, 0.25) is 0 Å². The predicted octanol–water partition coefficient (Wildman–Crippen LogP) is 4.56. The molecule has 0 amide bonds. The second-order valence-electron chi connectivity index (χ2n) is 3.85. The summed E-state index contributed by atoms with van der Waals surface area (Å²) < 4.78 is 15.5. The van der Waals surface area contributed by atoms with Gasteiger partial charge in [0.1, 0.15) is 11.5 Å². The summed E-state index contributed by atoms with van der Waals surface area (Å²) in [6, 6.07) is 9.91. The number of aromatic nitrogens is 2. The van der Waals surface area contributed by atoms with Crippen LogP contribution in [0.3, 0.4) is 0 Å². The zero-order valence-electron chi connectivity index (χ0n) is 9.07. The van der Waals surface area contributed by atoms with E-state index in [4.69, 9.17) is 11.6 Å². The highest BCUT2D eigenvalue weighted by Crippen LogP contribution is 2.31. The summed E-state index contributed by atoms with van der Waals surface area (Å²) in [4.78, 5) is 0. The zero-order valence-corrected chi connectivity index (χ0v) is 11.4. The second-order valence-corrected chi connectivity index (χ2v) is 5.08. The standard InChI is InChI=1S/C13H7BrClFN2/c14-12-11-6-3-9(15)7-18(11)17-13(12)8-1-4-10(16)5-2-8/h1-7H. The number of fused-ring (bicyclic) bond motifs is 1. The molecule has 0 fully saturated rings. The molecule has 0 aliphatic rings. The first kappa shape index (κ1) is 11.7. The SMILES string of the molecule is Fc1ccc(-c2nn3cc(Cl)ccc3c2Br)cc1. The summed E-state index contributed by atoms with van der Waals surface area (Å²) in [7, 11) is 0. The topological polar surface area (TPSA) is 17.3 Å². The van der Waals surface area contributed by atoms with Gasteiger partial charge in [0.25, 0.3) is 0 Å². The maximum absolute atomic E-state index is 12.9. The Labute approximate surface area is 116 Å². The lowest BCUT2D eigenvalue weighted by Crippen LogP contribution is -1.86. The van der Waals surface area contributed by atoms with Gasteiger partial charge in [-0.1, -0.05) is 11.6 Å². The minimum absolute atomic E-state index is 0.262. The molecule has 0 saturated carbocycles. The Morgan fingerprint density at radius 2 is 1.83 bits per heavy atom. The van der Waals surface area contributed by atoms with Crippen LogP contribution in [-0.2, 0) is 0 Å². The van der Waals surface area contributed by atoms with E-state index in [0.717, 1.165) is 21.2 Å². The van der Waals surface area contributed by atoms with Gasteiger partial charge in [0, 0.05) is 11.8 Å². The van der Waals surface area contributed by atoms with Gasteiger partial charge in [0.05, 0.1) is 15.0 Å². The van der Waals surface area contributed by atoms with Crippen molar-refractivity contribution >= 4 is 33.0 Å². The van der Waals surface area contributed by atoms with E-state index in [1.54, 1.807) is 28.9 Å². The minimum atomic E-state index is -0.262. The first-order valence-electron chi connectivity index (χ1n) is 5.24. The Bertz CT molecular complexity index is 722. The van der Waals surface area contributed by atoms with Crippen LogP contribution in [0.15, 0.2) is 47.1 Å². The molecule has 0 saturated heterocycles. The lowest BCUT2D eigenvalue weighted by molar-refractivity contribution is 0.628. The number of pyridine rings is 1. The molecule has 18 heavy (non-hydrogen) atoms. The first-order valence-corrected chi connectivity index (χ1v) is 6.41. The molecule has 0 unspecified atom stereocenters. The highest BCUT2D eigenvalue weighted by molar-refractivity contribution is 9.10. The van der Waals surface area contributed by atoms with Crippen LogP contribution < -0.4 is 0 Å². The average Bonchev–Trinajstić information content (AvgIpc) is 2.67. The van der Waals surface area contributed by atoms with Gasteiger partial charge in [-0.2, -0.15) is 5.10 Å². The summed E-state index contributed by atoms with van der Waals surface area (Å²) in [5, 5.41) is 5.05. The highest BCUT2D eigenvalue weighted by Gasteiger charge is 2.12. The average molecular weight is 326 g/mol. The number of nitrogens with zero attached hydrogens (tertiary/aromatic N) is 2. The molecule has 2 aromatic heterocycles. The van der Waals surface area contributed by atoms with E-state index in [-0.39, 0.29) is 5.82 Å².